The van der Waals surface area contributed by atoms with Crippen LogP contribution in [0.15, 0.2) is 24.3 Å². The van der Waals surface area contributed by atoms with Crippen molar-refractivity contribution in [3.05, 3.63) is 41.2 Å². The zero-order chi connectivity index (χ0) is 34.6. The number of halogens is 3. The highest BCUT2D eigenvalue weighted by Crippen LogP contribution is 2.32. The van der Waals surface area contributed by atoms with Crippen molar-refractivity contribution in [2.24, 2.45) is 11.7 Å². The molecule has 1 saturated heterocycles. The number of nitrogens with one attached hydrogen (secondary N) is 2. The van der Waals surface area contributed by atoms with E-state index < -0.39 is 59.9 Å². The number of anilines is 1. The van der Waals surface area contributed by atoms with Crippen molar-refractivity contribution >= 4 is 35.3 Å². The van der Waals surface area contributed by atoms with E-state index in [1.54, 1.807) is 6.92 Å². The maximum absolute atomic E-state index is 13.0. The summed E-state index contributed by atoms with van der Waals surface area (Å²) in [5, 5.41) is 33.8. The molecule has 2 aromatic rings. The average molecular weight is 657 g/mol. The van der Waals surface area contributed by atoms with Gasteiger partial charge in [-0.3, -0.25) is 19.2 Å². The van der Waals surface area contributed by atoms with E-state index in [9.17, 15) is 42.6 Å². The average Bonchev–Trinajstić information content (AvgIpc) is 3.54. The molecule has 6 N–H and O–H groups in total. The summed E-state index contributed by atoms with van der Waals surface area (Å²) in [5.74, 6) is -3.28. The van der Waals surface area contributed by atoms with Crippen LogP contribution in [0.2, 0.25) is 0 Å². The van der Waals surface area contributed by atoms with Crippen LogP contribution in [0.1, 0.15) is 73.9 Å². The van der Waals surface area contributed by atoms with Gasteiger partial charge in [-0.15, -0.1) is 5.10 Å². The lowest BCUT2D eigenvalue weighted by Gasteiger charge is -2.19. The molecule has 0 saturated carbocycles. The Kier molecular flexibility index (Phi) is 14.1. The van der Waals surface area contributed by atoms with Crippen LogP contribution in [-0.2, 0) is 41.3 Å². The Balaban J connectivity index is 0.00000236. The number of primary amides is 1. The first-order valence-corrected chi connectivity index (χ1v) is 14.2. The Morgan fingerprint density at radius 2 is 1.83 bits per heavy atom. The Bertz CT molecular complexity index is 1410. The van der Waals surface area contributed by atoms with Crippen LogP contribution in [0.3, 0.4) is 0 Å². The van der Waals surface area contributed by atoms with Gasteiger partial charge in [0.2, 0.25) is 11.8 Å². The van der Waals surface area contributed by atoms with Gasteiger partial charge in [0, 0.05) is 37.4 Å². The van der Waals surface area contributed by atoms with E-state index in [0.29, 0.717) is 18.5 Å². The lowest BCUT2D eigenvalue weighted by molar-refractivity contribution is -0.191. The number of carbonyl (C=O) groups excluding carboxylic acids is 6. The Morgan fingerprint density at radius 1 is 1.15 bits per heavy atom. The third kappa shape index (κ3) is 10.3. The largest absolute Gasteiger partial charge is 0.416 e. The highest BCUT2D eigenvalue weighted by atomic mass is 19.4. The fraction of sp³-hybridized carbons (Fsp3) is 0.536. The van der Waals surface area contributed by atoms with Crippen LogP contribution in [0.4, 0.5) is 18.9 Å². The molecule has 3 amide bonds. The predicted molar refractivity (Wildman–Crippen MR) is 149 cm³/mol. The first kappa shape index (κ1) is 37.7. The Labute approximate surface area is 260 Å². The number of hydrogen-bond donors (Lipinski definition) is 5. The molecule has 46 heavy (non-hydrogen) atoms. The topological polar surface area (TPSA) is 233 Å². The van der Waals surface area contributed by atoms with Crippen LogP contribution in [-0.4, -0.2) is 79.7 Å². The summed E-state index contributed by atoms with van der Waals surface area (Å²) in [7, 11) is 0. The molecular weight excluding hydrogens is 621 g/mol. The highest BCUT2D eigenvalue weighted by molar-refractivity contribution is 5.92. The van der Waals surface area contributed by atoms with E-state index >= 15 is 0 Å². The number of aromatic nitrogens is 3. The van der Waals surface area contributed by atoms with E-state index in [1.807, 2.05) is 6.92 Å². The van der Waals surface area contributed by atoms with E-state index in [1.165, 1.54) is 10.7 Å². The monoisotopic (exact) mass is 656 g/mol. The lowest BCUT2D eigenvalue weighted by atomic mass is 9.94. The van der Waals surface area contributed by atoms with Gasteiger partial charge in [0.05, 0.1) is 11.3 Å². The number of carbonyl (C=O) groups is 4. The molecule has 1 aliphatic heterocycles. The first-order chi connectivity index (χ1) is 21.7. The number of nitrogens with two attached hydrogens (primary N) is 1. The van der Waals surface area contributed by atoms with Crippen LogP contribution in [0, 0.1) is 5.92 Å². The maximum atomic E-state index is 13.0. The van der Waals surface area contributed by atoms with E-state index in [4.69, 9.17) is 20.1 Å². The molecule has 5 atom stereocenters. The number of nitrogens with zero attached hydrogens (tertiary/aromatic N) is 3. The molecule has 15 nitrogen and oxygen atoms in total. The summed E-state index contributed by atoms with van der Waals surface area (Å²) in [6, 6.07) is 4.11. The summed E-state index contributed by atoms with van der Waals surface area (Å²) >= 11 is 0. The molecule has 0 bridgehead atoms. The van der Waals surface area contributed by atoms with Crippen molar-refractivity contribution in [1.29, 1.82) is 0 Å². The fourth-order valence-electron chi connectivity index (χ4n) is 4.67. The van der Waals surface area contributed by atoms with Crippen molar-refractivity contribution in [2.75, 3.05) is 11.9 Å². The minimum absolute atomic E-state index is 0.0663. The molecule has 1 aromatic carbocycles. The zero-order valence-electron chi connectivity index (χ0n) is 25.0. The molecule has 1 fully saturated rings. The van der Waals surface area contributed by atoms with Gasteiger partial charge in [-0.1, -0.05) is 31.5 Å². The maximum Gasteiger partial charge on any atom is 0.416 e. The Hall–Kier alpha value is -4.51. The SMILES string of the molecule is CCCc1c(C(N)=O)nnn1[C@@H]1O[C@H](CNC(=O)[C@H](CCC(=O)Nc2cccc(C(F)(F)F)c2)CC(=O)CC)[C@@H](O)[C@H]1O.O=C=O. The van der Waals surface area contributed by atoms with Crippen LogP contribution >= 0.6 is 0 Å². The van der Waals surface area contributed by atoms with E-state index in [2.05, 4.69) is 20.9 Å². The summed E-state index contributed by atoms with van der Waals surface area (Å²) in [5.41, 5.74) is 4.58. The van der Waals surface area contributed by atoms with Gasteiger partial charge in [-0.05, 0) is 31.0 Å². The van der Waals surface area contributed by atoms with Crippen molar-refractivity contribution in [3.8, 4) is 0 Å². The van der Waals surface area contributed by atoms with Crippen LogP contribution < -0.4 is 16.4 Å². The number of alkyl halides is 3. The number of ether oxygens (including phenoxy) is 1. The van der Waals surface area contributed by atoms with Gasteiger partial charge in [-0.2, -0.15) is 22.8 Å². The highest BCUT2D eigenvalue weighted by Gasteiger charge is 2.45. The number of rotatable bonds is 14. The second-order valence-corrected chi connectivity index (χ2v) is 10.3. The number of aliphatic hydroxyl groups excluding tert-OH is 2. The van der Waals surface area contributed by atoms with Crippen LogP contribution in [0.25, 0.3) is 0 Å². The van der Waals surface area contributed by atoms with Crippen molar-refractivity contribution < 1.29 is 56.9 Å². The minimum Gasteiger partial charge on any atom is -0.387 e. The quantitative estimate of drug-likeness (QED) is 0.192. The number of amides is 3. The summed E-state index contributed by atoms with van der Waals surface area (Å²) in [6.45, 7) is 3.18. The number of hydrogen-bond acceptors (Lipinski definition) is 11. The predicted octanol–water partition coefficient (Wildman–Crippen LogP) is 0.905. The summed E-state index contributed by atoms with van der Waals surface area (Å²) in [4.78, 5) is 65.6. The summed E-state index contributed by atoms with van der Waals surface area (Å²) in [6.07, 6.45) is -9.08. The molecule has 1 aliphatic rings. The number of Topliss-reactive ketones (excluding diaryl/α,β-unsaturated/α-hetero) is 1. The van der Waals surface area contributed by atoms with E-state index in [0.717, 1.165) is 18.2 Å². The number of aliphatic hydroxyl groups is 2. The van der Waals surface area contributed by atoms with Crippen LogP contribution in [0.5, 0.6) is 0 Å². The standard InChI is InChI=1S/C27H35F3N6O7.CO2/c1-3-6-18-21(24(31)41)34-35-36(18)26-23(40)22(39)19(43-26)13-32-25(42)14(11-17(37)4-2)9-10-20(38)33-16-8-5-7-15(12-16)27(28,29)30;2-1-3/h5,7-8,12,14,19,22-23,26,39-40H,3-4,6,9-11,13H2,1-2H3,(H2,31,41)(H,32,42)(H,33,38);/t14-,19-,22-,23-,26-;/m1./s1. The smallest absolute Gasteiger partial charge is 0.387 e. The Morgan fingerprint density at radius 3 is 2.41 bits per heavy atom. The molecule has 3 rings (SSSR count). The second-order valence-electron chi connectivity index (χ2n) is 10.3. The van der Waals surface area contributed by atoms with Crippen molar-refractivity contribution in [1.82, 2.24) is 20.3 Å². The van der Waals surface area contributed by atoms with Gasteiger partial charge in [0.1, 0.15) is 24.1 Å². The molecule has 0 radical (unpaired) electrons. The summed E-state index contributed by atoms with van der Waals surface area (Å²) < 4.78 is 45.8. The molecule has 2 heterocycles. The fourth-order valence-corrected chi connectivity index (χ4v) is 4.67. The minimum atomic E-state index is -4.59. The number of benzene rings is 1. The van der Waals surface area contributed by atoms with Crippen molar-refractivity contribution in [3.63, 3.8) is 0 Å². The first-order valence-electron chi connectivity index (χ1n) is 14.2. The second kappa shape index (κ2) is 17.3. The number of ketones is 1. The lowest BCUT2D eigenvalue weighted by Crippen LogP contribution is -2.42. The van der Waals surface area contributed by atoms with Gasteiger partial charge >= 0.3 is 12.3 Å². The third-order valence-corrected chi connectivity index (χ3v) is 7.00. The molecule has 0 aliphatic carbocycles. The van der Waals surface area contributed by atoms with Crippen molar-refractivity contribution in [2.45, 2.75) is 83.1 Å². The molecule has 1 aromatic heterocycles. The van der Waals surface area contributed by atoms with Gasteiger partial charge < -0.3 is 31.3 Å². The molecule has 252 valence electrons. The normalized spacial score (nSPS) is 19.7. The zero-order valence-corrected chi connectivity index (χ0v) is 25.0. The van der Waals surface area contributed by atoms with Gasteiger partial charge in [0.25, 0.3) is 5.91 Å². The molecule has 0 spiro atoms. The van der Waals surface area contributed by atoms with Gasteiger partial charge in [0.15, 0.2) is 11.9 Å². The molecule has 18 heteroatoms. The third-order valence-electron chi connectivity index (χ3n) is 7.00. The van der Waals surface area contributed by atoms with Gasteiger partial charge in [-0.25, -0.2) is 4.68 Å². The molecular formula is C28H35F3N6O9. The van der Waals surface area contributed by atoms with E-state index in [-0.39, 0.29) is 55.5 Å². The molecule has 0 unspecified atom stereocenters.